The van der Waals surface area contributed by atoms with Crippen LogP contribution in [0.5, 0.6) is 0 Å². The van der Waals surface area contributed by atoms with E-state index in [9.17, 15) is 8.42 Å². The molecule has 0 bridgehead atoms. The smallest absolute Gasteiger partial charge is 0.211 e. The molecule has 2 N–H and O–H groups in total. The number of unbranched alkanes of at least 4 members (excludes halogenated alkanes) is 1. The number of likely N-dealkylation sites (tertiary alicyclic amines) is 1. The Morgan fingerprint density at radius 1 is 1.20 bits per heavy atom. The number of rotatable bonds is 10. The molecule has 2 rings (SSSR count). The second-order valence-electron chi connectivity index (χ2n) is 6.19. The quantitative estimate of drug-likeness (QED) is 0.589. The zero-order chi connectivity index (χ0) is 14.4. The third kappa shape index (κ3) is 6.08. The van der Waals surface area contributed by atoms with Gasteiger partial charge in [-0.2, -0.15) is 0 Å². The second-order valence-corrected chi connectivity index (χ2v) is 8.12. The van der Waals surface area contributed by atoms with Gasteiger partial charge in [-0.3, -0.25) is 4.90 Å². The van der Waals surface area contributed by atoms with Crippen molar-refractivity contribution in [3.05, 3.63) is 0 Å². The molecular formula is C14H29N3O2S. The Morgan fingerprint density at radius 3 is 2.55 bits per heavy atom. The molecule has 2 fully saturated rings. The van der Waals surface area contributed by atoms with Crippen molar-refractivity contribution in [1.29, 1.82) is 0 Å². The van der Waals surface area contributed by atoms with Gasteiger partial charge in [-0.1, -0.05) is 0 Å². The molecule has 1 aliphatic carbocycles. The summed E-state index contributed by atoms with van der Waals surface area (Å²) in [7, 11) is -3.10. The summed E-state index contributed by atoms with van der Waals surface area (Å²) >= 11 is 0. The first-order valence-electron chi connectivity index (χ1n) is 8.01. The fourth-order valence-electron chi connectivity index (χ4n) is 2.64. The lowest BCUT2D eigenvalue weighted by Crippen LogP contribution is -2.41. The first kappa shape index (κ1) is 16.2. The van der Waals surface area contributed by atoms with E-state index in [1.807, 2.05) is 0 Å². The SMILES string of the molecule is CC(CNS(=O)(=O)CCCCNC1CC1)N1CCCC1. The molecule has 0 aromatic heterocycles. The van der Waals surface area contributed by atoms with Crippen LogP contribution in [0, 0.1) is 0 Å². The monoisotopic (exact) mass is 303 g/mol. The normalized spacial score (nSPS) is 22.2. The molecule has 1 aliphatic heterocycles. The average molecular weight is 303 g/mol. The van der Waals surface area contributed by atoms with Gasteiger partial charge in [0.05, 0.1) is 5.75 Å². The van der Waals surface area contributed by atoms with E-state index >= 15 is 0 Å². The Kier molecular flexibility index (Phi) is 6.26. The van der Waals surface area contributed by atoms with Gasteiger partial charge in [-0.05, 0) is 65.1 Å². The van der Waals surface area contributed by atoms with Gasteiger partial charge >= 0.3 is 0 Å². The number of sulfonamides is 1. The molecule has 0 radical (unpaired) electrons. The molecule has 0 aromatic carbocycles. The molecule has 5 nitrogen and oxygen atoms in total. The molecule has 20 heavy (non-hydrogen) atoms. The highest BCUT2D eigenvalue weighted by Crippen LogP contribution is 2.18. The highest BCUT2D eigenvalue weighted by atomic mass is 32.2. The van der Waals surface area contributed by atoms with Crippen molar-refractivity contribution in [2.75, 3.05) is 31.9 Å². The van der Waals surface area contributed by atoms with Gasteiger partial charge in [0.1, 0.15) is 0 Å². The molecule has 1 heterocycles. The van der Waals surface area contributed by atoms with E-state index < -0.39 is 10.0 Å². The van der Waals surface area contributed by atoms with Crippen LogP contribution in [-0.2, 0) is 10.0 Å². The number of hydrogen-bond donors (Lipinski definition) is 2. The van der Waals surface area contributed by atoms with Crippen LogP contribution in [-0.4, -0.2) is 57.3 Å². The highest BCUT2D eigenvalue weighted by Gasteiger charge is 2.21. The lowest BCUT2D eigenvalue weighted by molar-refractivity contribution is 0.260. The summed E-state index contributed by atoms with van der Waals surface area (Å²) in [6.45, 7) is 5.81. The van der Waals surface area contributed by atoms with Crippen molar-refractivity contribution < 1.29 is 8.42 Å². The Balaban J connectivity index is 1.54. The topological polar surface area (TPSA) is 61.4 Å². The molecule has 2 aliphatic rings. The molecule has 1 atom stereocenters. The predicted molar refractivity (Wildman–Crippen MR) is 82.3 cm³/mol. The summed E-state index contributed by atoms with van der Waals surface area (Å²) in [5, 5.41) is 3.41. The van der Waals surface area contributed by atoms with E-state index in [4.69, 9.17) is 0 Å². The maximum Gasteiger partial charge on any atom is 0.211 e. The van der Waals surface area contributed by atoms with E-state index in [-0.39, 0.29) is 5.75 Å². The minimum Gasteiger partial charge on any atom is -0.314 e. The van der Waals surface area contributed by atoms with Crippen molar-refractivity contribution in [3.8, 4) is 0 Å². The van der Waals surface area contributed by atoms with Crippen molar-refractivity contribution in [1.82, 2.24) is 14.9 Å². The fraction of sp³-hybridized carbons (Fsp3) is 1.00. The third-order valence-corrected chi connectivity index (χ3v) is 5.65. The molecule has 1 saturated carbocycles. The summed E-state index contributed by atoms with van der Waals surface area (Å²) in [4.78, 5) is 2.36. The van der Waals surface area contributed by atoms with Crippen molar-refractivity contribution in [3.63, 3.8) is 0 Å². The van der Waals surface area contributed by atoms with Crippen LogP contribution in [0.25, 0.3) is 0 Å². The molecule has 0 amide bonds. The lowest BCUT2D eigenvalue weighted by Gasteiger charge is -2.23. The molecule has 1 saturated heterocycles. The Bertz CT molecular complexity index is 376. The maximum absolute atomic E-state index is 11.9. The van der Waals surface area contributed by atoms with Crippen LogP contribution in [0.4, 0.5) is 0 Å². The van der Waals surface area contributed by atoms with Gasteiger partial charge in [0.2, 0.25) is 10.0 Å². The number of nitrogens with zero attached hydrogens (tertiary/aromatic N) is 1. The van der Waals surface area contributed by atoms with Crippen LogP contribution in [0.1, 0.15) is 45.4 Å². The van der Waals surface area contributed by atoms with Crippen molar-refractivity contribution in [2.24, 2.45) is 0 Å². The van der Waals surface area contributed by atoms with E-state index in [0.29, 0.717) is 18.6 Å². The van der Waals surface area contributed by atoms with E-state index in [1.165, 1.54) is 25.7 Å². The molecular weight excluding hydrogens is 274 g/mol. The van der Waals surface area contributed by atoms with Crippen LogP contribution < -0.4 is 10.0 Å². The van der Waals surface area contributed by atoms with Crippen LogP contribution in [0.15, 0.2) is 0 Å². The van der Waals surface area contributed by atoms with Gasteiger partial charge in [-0.15, -0.1) is 0 Å². The largest absolute Gasteiger partial charge is 0.314 e. The minimum absolute atomic E-state index is 0.256. The summed E-state index contributed by atoms with van der Waals surface area (Å²) < 4.78 is 26.6. The van der Waals surface area contributed by atoms with Gasteiger partial charge < -0.3 is 5.32 Å². The summed E-state index contributed by atoms with van der Waals surface area (Å²) in [5.74, 6) is 0.256. The second kappa shape index (κ2) is 7.73. The highest BCUT2D eigenvalue weighted by molar-refractivity contribution is 7.89. The van der Waals surface area contributed by atoms with E-state index in [1.54, 1.807) is 0 Å². The van der Waals surface area contributed by atoms with Gasteiger partial charge in [0.25, 0.3) is 0 Å². The van der Waals surface area contributed by atoms with Crippen LogP contribution in [0.3, 0.4) is 0 Å². The average Bonchev–Trinajstić information content (AvgIpc) is 3.06. The van der Waals surface area contributed by atoms with Crippen molar-refractivity contribution in [2.45, 2.75) is 57.5 Å². The van der Waals surface area contributed by atoms with E-state index in [0.717, 1.165) is 32.5 Å². The summed E-state index contributed by atoms with van der Waals surface area (Å²) in [5.41, 5.74) is 0. The third-order valence-electron chi connectivity index (χ3n) is 4.21. The standard InChI is InChI=1S/C14H29N3O2S/c1-13(17-9-3-4-10-17)12-16-20(18,19)11-5-2-8-15-14-6-7-14/h13-16H,2-12H2,1H3. The fourth-order valence-corrected chi connectivity index (χ4v) is 3.87. The van der Waals surface area contributed by atoms with Gasteiger partial charge in [0, 0.05) is 18.6 Å². The first-order chi connectivity index (χ1) is 9.57. The zero-order valence-corrected chi connectivity index (χ0v) is 13.4. The lowest BCUT2D eigenvalue weighted by atomic mass is 10.3. The Morgan fingerprint density at radius 2 is 1.90 bits per heavy atom. The zero-order valence-electron chi connectivity index (χ0n) is 12.6. The maximum atomic E-state index is 11.9. The number of hydrogen-bond acceptors (Lipinski definition) is 4. The van der Waals surface area contributed by atoms with Crippen molar-refractivity contribution >= 4 is 10.0 Å². The summed E-state index contributed by atoms with van der Waals surface area (Å²) in [6.07, 6.45) is 6.74. The van der Waals surface area contributed by atoms with Gasteiger partial charge in [-0.25, -0.2) is 13.1 Å². The number of nitrogens with one attached hydrogen (secondary N) is 2. The van der Waals surface area contributed by atoms with E-state index in [2.05, 4.69) is 21.9 Å². The molecule has 0 spiro atoms. The van der Waals surface area contributed by atoms with Crippen LogP contribution in [0.2, 0.25) is 0 Å². The molecule has 118 valence electrons. The Hall–Kier alpha value is -0.170. The first-order valence-corrected chi connectivity index (χ1v) is 9.67. The molecule has 6 heteroatoms. The Labute approximate surface area is 123 Å². The summed E-state index contributed by atoms with van der Waals surface area (Å²) in [6, 6.07) is 1.02. The molecule has 0 aromatic rings. The molecule has 1 unspecified atom stereocenters. The van der Waals surface area contributed by atoms with Crippen LogP contribution >= 0.6 is 0 Å². The predicted octanol–water partition coefficient (Wildman–Crippen LogP) is 0.922. The minimum atomic E-state index is -3.10. The van der Waals surface area contributed by atoms with Gasteiger partial charge in [0.15, 0.2) is 0 Å².